The highest BCUT2D eigenvalue weighted by Crippen LogP contribution is 2.16. The van der Waals surface area contributed by atoms with Gasteiger partial charge in [0.2, 0.25) is 5.91 Å². The lowest BCUT2D eigenvalue weighted by Crippen LogP contribution is -2.47. The van der Waals surface area contributed by atoms with Crippen LogP contribution in [0.4, 0.5) is 0 Å². The summed E-state index contributed by atoms with van der Waals surface area (Å²) in [5.41, 5.74) is 5.36. The van der Waals surface area contributed by atoms with Crippen molar-refractivity contribution in [3.05, 3.63) is 0 Å². The van der Waals surface area contributed by atoms with E-state index >= 15 is 0 Å². The molecule has 72 valence electrons. The van der Waals surface area contributed by atoms with Gasteiger partial charge < -0.3 is 15.7 Å². The Bertz CT molecular complexity index is 236. The minimum Gasteiger partial charge on any atom is -0.394 e. The molecule has 13 heavy (non-hydrogen) atoms. The van der Waals surface area contributed by atoms with E-state index in [0.29, 0.717) is 13.0 Å². The molecule has 0 aromatic rings. The molecule has 0 aromatic carbocycles. The van der Waals surface area contributed by atoms with Crippen LogP contribution in [0.25, 0.3) is 0 Å². The summed E-state index contributed by atoms with van der Waals surface area (Å²) < 4.78 is 0. The molecular weight excluding hydrogens is 170 g/mol. The molecule has 3 N–H and O–H groups in total. The molecule has 0 bridgehead atoms. The predicted octanol–water partition coefficient (Wildman–Crippen LogP) is -1.18. The van der Waals surface area contributed by atoms with Crippen molar-refractivity contribution >= 4 is 5.91 Å². The van der Waals surface area contributed by atoms with E-state index < -0.39 is 6.04 Å². The molecule has 0 saturated carbocycles. The first-order valence-electron chi connectivity index (χ1n) is 4.27. The molecule has 0 aromatic heterocycles. The minimum absolute atomic E-state index is 0.327. The van der Waals surface area contributed by atoms with Gasteiger partial charge in [-0.15, -0.1) is 0 Å². The Labute approximate surface area is 76.7 Å². The summed E-state index contributed by atoms with van der Waals surface area (Å²) in [4.78, 5) is 12.9. The molecule has 5 heteroatoms. The van der Waals surface area contributed by atoms with E-state index in [1.807, 2.05) is 6.07 Å². The highest BCUT2D eigenvalue weighted by Gasteiger charge is 2.31. The molecular formula is C8H13N3O2. The van der Waals surface area contributed by atoms with Crippen LogP contribution in [0.15, 0.2) is 0 Å². The second-order valence-corrected chi connectivity index (χ2v) is 3.11. The monoisotopic (exact) mass is 183 g/mol. The Kier molecular flexibility index (Phi) is 3.23. The summed E-state index contributed by atoms with van der Waals surface area (Å²) in [5, 5.41) is 17.4. The SMILES string of the molecule is N#C[C@@H]1CCCN1C(=O)[C@H](N)CO. The fourth-order valence-electron chi connectivity index (χ4n) is 1.46. The first-order valence-corrected chi connectivity index (χ1v) is 4.27. The Hall–Kier alpha value is -1.12. The number of aliphatic hydroxyl groups excluding tert-OH is 1. The summed E-state index contributed by atoms with van der Waals surface area (Å²) in [6, 6.07) is 0.805. The lowest BCUT2D eigenvalue weighted by atomic mass is 10.2. The van der Waals surface area contributed by atoms with Crippen molar-refractivity contribution in [3.63, 3.8) is 0 Å². The molecule has 1 aliphatic heterocycles. The molecule has 1 fully saturated rings. The van der Waals surface area contributed by atoms with Gasteiger partial charge in [-0.1, -0.05) is 0 Å². The summed E-state index contributed by atoms with van der Waals surface area (Å²) in [5.74, 6) is -0.327. The van der Waals surface area contributed by atoms with E-state index in [-0.39, 0.29) is 18.6 Å². The van der Waals surface area contributed by atoms with Crippen LogP contribution in [0.5, 0.6) is 0 Å². The van der Waals surface area contributed by atoms with Gasteiger partial charge in [-0.05, 0) is 12.8 Å². The smallest absolute Gasteiger partial charge is 0.242 e. The average Bonchev–Trinajstić information content (AvgIpc) is 2.62. The topological polar surface area (TPSA) is 90.4 Å². The molecule has 2 atom stereocenters. The molecule has 1 rings (SSSR count). The van der Waals surface area contributed by atoms with Crippen molar-refractivity contribution in [2.45, 2.75) is 24.9 Å². The van der Waals surface area contributed by atoms with Crippen molar-refractivity contribution < 1.29 is 9.90 Å². The molecule has 1 aliphatic rings. The van der Waals surface area contributed by atoms with E-state index in [1.54, 1.807) is 0 Å². The highest BCUT2D eigenvalue weighted by atomic mass is 16.3. The van der Waals surface area contributed by atoms with Gasteiger partial charge in [-0.2, -0.15) is 5.26 Å². The number of amides is 1. The van der Waals surface area contributed by atoms with E-state index in [0.717, 1.165) is 6.42 Å². The van der Waals surface area contributed by atoms with Crippen molar-refractivity contribution in [2.24, 2.45) is 5.73 Å². The van der Waals surface area contributed by atoms with Gasteiger partial charge in [-0.25, -0.2) is 0 Å². The first-order chi connectivity index (χ1) is 6.20. The number of carbonyl (C=O) groups is 1. The van der Waals surface area contributed by atoms with Gasteiger partial charge >= 0.3 is 0 Å². The molecule has 1 saturated heterocycles. The van der Waals surface area contributed by atoms with Crippen LogP contribution in [-0.4, -0.2) is 41.1 Å². The number of likely N-dealkylation sites (tertiary alicyclic amines) is 1. The Morgan fingerprint density at radius 1 is 1.85 bits per heavy atom. The third kappa shape index (κ3) is 1.97. The van der Waals surface area contributed by atoms with E-state index in [4.69, 9.17) is 16.1 Å². The number of nitrogens with two attached hydrogens (primary N) is 1. The van der Waals surface area contributed by atoms with E-state index in [9.17, 15) is 4.79 Å². The Morgan fingerprint density at radius 2 is 2.54 bits per heavy atom. The maximum Gasteiger partial charge on any atom is 0.242 e. The van der Waals surface area contributed by atoms with Gasteiger partial charge in [0.1, 0.15) is 12.1 Å². The van der Waals surface area contributed by atoms with Crippen LogP contribution in [0.3, 0.4) is 0 Å². The van der Waals surface area contributed by atoms with Gasteiger partial charge in [0, 0.05) is 6.54 Å². The third-order valence-electron chi connectivity index (χ3n) is 2.20. The lowest BCUT2D eigenvalue weighted by molar-refractivity contribution is -0.133. The number of hydrogen-bond donors (Lipinski definition) is 2. The maximum absolute atomic E-state index is 11.4. The lowest BCUT2D eigenvalue weighted by Gasteiger charge is -2.22. The van der Waals surface area contributed by atoms with E-state index in [2.05, 4.69) is 0 Å². The highest BCUT2D eigenvalue weighted by molar-refractivity contribution is 5.82. The number of rotatable bonds is 2. The zero-order valence-corrected chi connectivity index (χ0v) is 7.31. The summed E-state index contributed by atoms with van der Waals surface area (Å²) in [6.45, 7) is 0.207. The minimum atomic E-state index is -0.881. The van der Waals surface area contributed by atoms with Crippen molar-refractivity contribution in [1.29, 1.82) is 5.26 Å². The standard InChI is InChI=1S/C8H13N3O2/c9-4-6-2-1-3-11(6)8(13)7(10)5-12/h6-7,12H,1-3,5,10H2/t6-,7+/m0/s1. The maximum atomic E-state index is 11.4. The molecule has 0 unspecified atom stereocenters. The third-order valence-corrected chi connectivity index (χ3v) is 2.20. The molecule has 1 heterocycles. The Morgan fingerprint density at radius 3 is 3.08 bits per heavy atom. The number of hydrogen-bond acceptors (Lipinski definition) is 4. The van der Waals surface area contributed by atoms with Crippen LogP contribution < -0.4 is 5.73 Å². The zero-order chi connectivity index (χ0) is 9.84. The van der Waals surface area contributed by atoms with Crippen molar-refractivity contribution in [3.8, 4) is 6.07 Å². The van der Waals surface area contributed by atoms with Gasteiger partial charge in [0.25, 0.3) is 0 Å². The van der Waals surface area contributed by atoms with Crippen LogP contribution in [-0.2, 0) is 4.79 Å². The second kappa shape index (κ2) is 4.21. The molecule has 0 spiro atoms. The summed E-state index contributed by atoms with van der Waals surface area (Å²) in [7, 11) is 0. The summed E-state index contributed by atoms with van der Waals surface area (Å²) >= 11 is 0. The average molecular weight is 183 g/mol. The second-order valence-electron chi connectivity index (χ2n) is 3.11. The summed E-state index contributed by atoms with van der Waals surface area (Å²) in [6.07, 6.45) is 1.54. The molecule has 1 amide bonds. The van der Waals surface area contributed by atoms with Crippen LogP contribution in [0, 0.1) is 11.3 Å². The quantitative estimate of drug-likeness (QED) is 0.564. The van der Waals surface area contributed by atoms with Gasteiger partial charge in [0.15, 0.2) is 0 Å². The number of nitrogens with zero attached hydrogens (tertiary/aromatic N) is 2. The number of aliphatic hydroxyl groups is 1. The predicted molar refractivity (Wildman–Crippen MR) is 45.4 cm³/mol. The van der Waals surface area contributed by atoms with Crippen molar-refractivity contribution in [1.82, 2.24) is 4.90 Å². The number of nitriles is 1. The van der Waals surface area contributed by atoms with E-state index in [1.165, 1.54) is 4.90 Å². The van der Waals surface area contributed by atoms with Gasteiger partial charge in [0.05, 0.1) is 12.7 Å². The van der Waals surface area contributed by atoms with Crippen LogP contribution >= 0.6 is 0 Å². The molecule has 5 nitrogen and oxygen atoms in total. The fourth-order valence-corrected chi connectivity index (χ4v) is 1.46. The van der Waals surface area contributed by atoms with Crippen LogP contribution in [0.1, 0.15) is 12.8 Å². The first kappa shape index (κ1) is 9.96. The zero-order valence-electron chi connectivity index (χ0n) is 7.31. The van der Waals surface area contributed by atoms with Crippen LogP contribution in [0.2, 0.25) is 0 Å². The Balaban J connectivity index is 2.61. The molecule has 0 radical (unpaired) electrons. The van der Waals surface area contributed by atoms with Gasteiger partial charge in [-0.3, -0.25) is 4.79 Å². The molecule has 0 aliphatic carbocycles. The fraction of sp³-hybridized carbons (Fsp3) is 0.750. The normalized spacial score (nSPS) is 24.1. The van der Waals surface area contributed by atoms with Crippen molar-refractivity contribution in [2.75, 3.05) is 13.2 Å². The number of carbonyl (C=O) groups excluding carboxylic acids is 1. The largest absolute Gasteiger partial charge is 0.394 e.